The zero-order chi connectivity index (χ0) is 13.3. The van der Waals surface area contributed by atoms with Crippen LogP contribution in [0, 0.1) is 11.9 Å². The molecule has 0 aliphatic heterocycles. The maximum atomic E-state index is 13.5. The summed E-state index contributed by atoms with van der Waals surface area (Å²) in [5, 5.41) is 0. The molecule has 0 spiro atoms. The molecular weight excluding hydrogens is 236 g/mol. The SMILES string of the molecule is CC(C)(C)c1ncc(-c2ccc(F)nc2F)cn1. The molecule has 18 heavy (non-hydrogen) atoms. The van der Waals surface area contributed by atoms with Gasteiger partial charge in [-0.15, -0.1) is 0 Å². The van der Waals surface area contributed by atoms with Gasteiger partial charge in [-0.1, -0.05) is 20.8 Å². The second-order valence-electron chi connectivity index (χ2n) is 5.02. The van der Waals surface area contributed by atoms with Crippen LogP contribution in [0.1, 0.15) is 26.6 Å². The number of aromatic nitrogens is 3. The first kappa shape index (κ1) is 12.5. The minimum Gasteiger partial charge on any atom is -0.240 e. The summed E-state index contributed by atoms with van der Waals surface area (Å²) in [4.78, 5) is 11.5. The summed E-state index contributed by atoms with van der Waals surface area (Å²) in [6, 6.07) is 2.43. The second-order valence-corrected chi connectivity index (χ2v) is 5.02. The monoisotopic (exact) mass is 249 g/mol. The van der Waals surface area contributed by atoms with E-state index in [0.717, 1.165) is 6.07 Å². The Morgan fingerprint density at radius 3 is 2.11 bits per heavy atom. The van der Waals surface area contributed by atoms with E-state index in [1.807, 2.05) is 20.8 Å². The maximum absolute atomic E-state index is 13.5. The van der Waals surface area contributed by atoms with Crippen LogP contribution < -0.4 is 0 Å². The van der Waals surface area contributed by atoms with Gasteiger partial charge in [-0.25, -0.2) is 9.97 Å². The lowest BCUT2D eigenvalue weighted by molar-refractivity contribution is 0.515. The van der Waals surface area contributed by atoms with Crippen molar-refractivity contribution in [1.29, 1.82) is 0 Å². The Hall–Kier alpha value is -1.91. The molecule has 5 heteroatoms. The van der Waals surface area contributed by atoms with Crippen LogP contribution in [-0.2, 0) is 5.41 Å². The molecule has 0 saturated heterocycles. The molecule has 0 bridgehead atoms. The first-order chi connectivity index (χ1) is 8.38. The van der Waals surface area contributed by atoms with Crippen molar-refractivity contribution in [2.45, 2.75) is 26.2 Å². The van der Waals surface area contributed by atoms with Crippen molar-refractivity contribution in [1.82, 2.24) is 15.0 Å². The van der Waals surface area contributed by atoms with E-state index < -0.39 is 11.9 Å². The van der Waals surface area contributed by atoms with Gasteiger partial charge < -0.3 is 0 Å². The average molecular weight is 249 g/mol. The molecule has 2 rings (SSSR count). The van der Waals surface area contributed by atoms with Gasteiger partial charge in [0.15, 0.2) is 0 Å². The van der Waals surface area contributed by atoms with Gasteiger partial charge in [-0.3, -0.25) is 0 Å². The van der Waals surface area contributed by atoms with Gasteiger partial charge >= 0.3 is 0 Å². The van der Waals surface area contributed by atoms with Gasteiger partial charge in [0.2, 0.25) is 11.9 Å². The Bertz CT molecular complexity index is 559. The maximum Gasteiger partial charge on any atom is 0.223 e. The standard InChI is InChI=1S/C13H13F2N3/c1-13(2,3)12-16-6-8(7-17-12)9-4-5-10(14)18-11(9)15/h4-7H,1-3H3. The molecule has 2 aromatic heterocycles. The molecule has 0 amide bonds. The van der Waals surface area contributed by atoms with E-state index in [0.29, 0.717) is 11.4 Å². The first-order valence-corrected chi connectivity index (χ1v) is 5.53. The van der Waals surface area contributed by atoms with Crippen molar-refractivity contribution in [2.24, 2.45) is 0 Å². The Labute approximate surface area is 104 Å². The van der Waals surface area contributed by atoms with Crippen molar-refractivity contribution in [3.8, 4) is 11.1 Å². The van der Waals surface area contributed by atoms with Crippen LogP contribution >= 0.6 is 0 Å². The van der Waals surface area contributed by atoms with Crippen molar-refractivity contribution < 1.29 is 8.78 Å². The Morgan fingerprint density at radius 2 is 1.61 bits per heavy atom. The van der Waals surface area contributed by atoms with Crippen LogP contribution in [0.5, 0.6) is 0 Å². The third-order valence-electron chi connectivity index (χ3n) is 2.45. The molecule has 0 aliphatic carbocycles. The number of rotatable bonds is 1. The molecule has 3 nitrogen and oxygen atoms in total. The van der Waals surface area contributed by atoms with E-state index in [2.05, 4.69) is 15.0 Å². The first-order valence-electron chi connectivity index (χ1n) is 5.53. The fourth-order valence-electron chi connectivity index (χ4n) is 1.48. The minimum absolute atomic E-state index is 0.169. The summed E-state index contributed by atoms with van der Waals surface area (Å²) in [6.45, 7) is 5.96. The number of nitrogens with zero attached hydrogens (tertiary/aromatic N) is 3. The quantitative estimate of drug-likeness (QED) is 0.729. The fourth-order valence-corrected chi connectivity index (χ4v) is 1.48. The summed E-state index contributed by atoms with van der Waals surface area (Å²) >= 11 is 0. The van der Waals surface area contributed by atoms with E-state index in [1.165, 1.54) is 18.5 Å². The largest absolute Gasteiger partial charge is 0.240 e. The fraction of sp³-hybridized carbons (Fsp3) is 0.308. The molecule has 0 unspecified atom stereocenters. The van der Waals surface area contributed by atoms with Crippen molar-refractivity contribution in [3.63, 3.8) is 0 Å². The minimum atomic E-state index is -0.859. The molecule has 0 fully saturated rings. The smallest absolute Gasteiger partial charge is 0.223 e. The lowest BCUT2D eigenvalue weighted by Crippen LogP contribution is -2.15. The lowest BCUT2D eigenvalue weighted by atomic mass is 9.95. The van der Waals surface area contributed by atoms with E-state index >= 15 is 0 Å². The van der Waals surface area contributed by atoms with Crippen LogP contribution in [-0.4, -0.2) is 15.0 Å². The molecule has 0 atom stereocenters. The van der Waals surface area contributed by atoms with E-state index in [4.69, 9.17) is 0 Å². The molecular formula is C13H13F2N3. The van der Waals surface area contributed by atoms with Crippen LogP contribution in [0.2, 0.25) is 0 Å². The number of hydrogen-bond donors (Lipinski definition) is 0. The highest BCUT2D eigenvalue weighted by Crippen LogP contribution is 2.23. The average Bonchev–Trinajstić information content (AvgIpc) is 2.28. The highest BCUT2D eigenvalue weighted by molar-refractivity contribution is 5.60. The molecule has 0 aliphatic rings. The predicted molar refractivity (Wildman–Crippen MR) is 63.9 cm³/mol. The zero-order valence-electron chi connectivity index (χ0n) is 10.4. The molecule has 2 aromatic rings. The normalized spacial score (nSPS) is 11.6. The third-order valence-corrected chi connectivity index (χ3v) is 2.45. The molecule has 94 valence electrons. The van der Waals surface area contributed by atoms with Crippen molar-refractivity contribution in [3.05, 3.63) is 42.2 Å². The van der Waals surface area contributed by atoms with E-state index in [-0.39, 0.29) is 11.0 Å². The van der Waals surface area contributed by atoms with Gasteiger partial charge in [0.1, 0.15) is 5.82 Å². The van der Waals surface area contributed by atoms with Crippen molar-refractivity contribution in [2.75, 3.05) is 0 Å². The summed E-state index contributed by atoms with van der Waals surface area (Å²) in [5.74, 6) is -1.03. The summed E-state index contributed by atoms with van der Waals surface area (Å²) < 4.78 is 26.2. The van der Waals surface area contributed by atoms with Crippen LogP contribution in [0.25, 0.3) is 11.1 Å². The van der Waals surface area contributed by atoms with Crippen LogP contribution in [0.15, 0.2) is 24.5 Å². The molecule has 2 heterocycles. The topological polar surface area (TPSA) is 38.7 Å². The van der Waals surface area contributed by atoms with E-state index in [9.17, 15) is 8.78 Å². The molecule has 0 aromatic carbocycles. The predicted octanol–water partition coefficient (Wildman–Crippen LogP) is 3.11. The Morgan fingerprint density at radius 1 is 1.00 bits per heavy atom. The Kier molecular flexibility index (Phi) is 3.07. The van der Waals surface area contributed by atoms with Crippen LogP contribution in [0.3, 0.4) is 0 Å². The molecule has 0 N–H and O–H groups in total. The highest BCUT2D eigenvalue weighted by atomic mass is 19.1. The molecule has 0 saturated carbocycles. The summed E-state index contributed by atoms with van der Waals surface area (Å²) in [6.07, 6.45) is 3.04. The van der Waals surface area contributed by atoms with E-state index in [1.54, 1.807) is 0 Å². The summed E-state index contributed by atoms with van der Waals surface area (Å²) in [5.41, 5.74) is 0.503. The number of pyridine rings is 1. The Balaban J connectivity index is 2.41. The van der Waals surface area contributed by atoms with Gasteiger partial charge in [0.25, 0.3) is 0 Å². The summed E-state index contributed by atoms with van der Waals surface area (Å²) in [7, 11) is 0. The lowest BCUT2D eigenvalue weighted by Gasteiger charge is -2.16. The van der Waals surface area contributed by atoms with Gasteiger partial charge in [-0.2, -0.15) is 13.8 Å². The zero-order valence-corrected chi connectivity index (χ0v) is 10.4. The van der Waals surface area contributed by atoms with Crippen LogP contribution in [0.4, 0.5) is 8.78 Å². The number of hydrogen-bond acceptors (Lipinski definition) is 3. The third kappa shape index (κ3) is 2.50. The highest BCUT2D eigenvalue weighted by Gasteiger charge is 2.17. The van der Waals surface area contributed by atoms with Gasteiger partial charge in [0.05, 0.1) is 0 Å². The van der Waals surface area contributed by atoms with Gasteiger partial charge in [0, 0.05) is 28.9 Å². The van der Waals surface area contributed by atoms with Crippen molar-refractivity contribution >= 4 is 0 Å². The van der Waals surface area contributed by atoms with Gasteiger partial charge in [-0.05, 0) is 12.1 Å². The molecule has 0 radical (unpaired) electrons. The number of halogens is 2. The second kappa shape index (κ2) is 4.40.